The van der Waals surface area contributed by atoms with Crippen molar-refractivity contribution in [2.75, 3.05) is 13.7 Å². The normalized spacial score (nSPS) is 15.5. The minimum atomic E-state index is -0.522. The van der Waals surface area contributed by atoms with E-state index in [-0.39, 0.29) is 24.0 Å². The van der Waals surface area contributed by atoms with E-state index in [0.717, 1.165) is 12.8 Å². The molecule has 1 aromatic carbocycles. The van der Waals surface area contributed by atoms with E-state index in [1.807, 2.05) is 0 Å². The quantitative estimate of drug-likeness (QED) is 0.800. The number of phenols is 1. The van der Waals surface area contributed by atoms with Crippen molar-refractivity contribution in [3.05, 3.63) is 28.2 Å². The lowest BCUT2D eigenvalue weighted by atomic mass is 10.1. The van der Waals surface area contributed by atoms with Gasteiger partial charge in [-0.05, 0) is 46.5 Å². The van der Waals surface area contributed by atoms with Crippen molar-refractivity contribution in [1.82, 2.24) is 5.32 Å². The summed E-state index contributed by atoms with van der Waals surface area (Å²) in [5.74, 6) is -0.343. The molecule has 2 rings (SSSR count). The molecule has 2 N–H and O–H groups in total. The van der Waals surface area contributed by atoms with E-state index in [4.69, 9.17) is 4.74 Å². The van der Waals surface area contributed by atoms with Crippen molar-refractivity contribution in [1.29, 1.82) is 0 Å². The molecule has 0 saturated heterocycles. The van der Waals surface area contributed by atoms with Gasteiger partial charge in [0.25, 0.3) is 0 Å². The van der Waals surface area contributed by atoms with Crippen LogP contribution in [0.2, 0.25) is 0 Å². The van der Waals surface area contributed by atoms with Crippen LogP contribution in [0.5, 0.6) is 5.75 Å². The Labute approximate surface area is 125 Å². The first-order valence-electron chi connectivity index (χ1n) is 6.29. The van der Waals surface area contributed by atoms with Crippen LogP contribution in [0.15, 0.2) is 22.7 Å². The molecule has 1 saturated carbocycles. The van der Waals surface area contributed by atoms with Crippen molar-refractivity contribution in [2.24, 2.45) is 5.41 Å². The molecule has 0 spiro atoms. The molecule has 0 unspecified atom stereocenters. The molecule has 5 nitrogen and oxygen atoms in total. The molecule has 6 heteroatoms. The molecule has 0 bridgehead atoms. The molecular formula is C14H16BrNO4. The largest absolute Gasteiger partial charge is 0.507 e. The van der Waals surface area contributed by atoms with Crippen LogP contribution in [0.1, 0.15) is 18.4 Å². The maximum atomic E-state index is 11.8. The summed E-state index contributed by atoms with van der Waals surface area (Å²) in [6, 6.07) is 4.99. The van der Waals surface area contributed by atoms with Gasteiger partial charge in [-0.2, -0.15) is 0 Å². The standard InChI is InChI=1S/C14H16BrNO4/c1-20-13(19)14(4-5-14)8-16-12(18)7-9-2-3-10(15)11(17)6-9/h2-3,6,17H,4-5,7-8H2,1H3,(H,16,18). The number of carbonyl (C=O) groups excluding carboxylic acids is 2. The van der Waals surface area contributed by atoms with Crippen LogP contribution < -0.4 is 5.32 Å². The fourth-order valence-electron chi connectivity index (χ4n) is 2.00. The second-order valence-electron chi connectivity index (χ2n) is 5.01. The molecule has 1 aliphatic carbocycles. The summed E-state index contributed by atoms with van der Waals surface area (Å²) >= 11 is 3.18. The Balaban J connectivity index is 1.87. The molecule has 0 heterocycles. The SMILES string of the molecule is COC(=O)C1(CNC(=O)Cc2ccc(Br)c(O)c2)CC1. The number of hydrogen-bond donors (Lipinski definition) is 2. The number of benzene rings is 1. The lowest BCUT2D eigenvalue weighted by Gasteiger charge is -2.13. The number of halogens is 1. The number of esters is 1. The first-order valence-corrected chi connectivity index (χ1v) is 7.09. The van der Waals surface area contributed by atoms with E-state index in [0.29, 0.717) is 16.6 Å². The van der Waals surface area contributed by atoms with Crippen LogP contribution in [0.25, 0.3) is 0 Å². The van der Waals surface area contributed by atoms with Crippen molar-refractivity contribution in [3.63, 3.8) is 0 Å². The molecule has 108 valence electrons. The smallest absolute Gasteiger partial charge is 0.313 e. The second-order valence-corrected chi connectivity index (χ2v) is 5.87. The fraction of sp³-hybridized carbons (Fsp3) is 0.429. The Morgan fingerprint density at radius 3 is 2.70 bits per heavy atom. The number of amides is 1. The van der Waals surface area contributed by atoms with Gasteiger partial charge in [0, 0.05) is 6.54 Å². The minimum Gasteiger partial charge on any atom is -0.507 e. The summed E-state index contributed by atoms with van der Waals surface area (Å²) in [5, 5.41) is 12.3. The van der Waals surface area contributed by atoms with Crippen LogP contribution in [0.3, 0.4) is 0 Å². The van der Waals surface area contributed by atoms with Gasteiger partial charge in [-0.3, -0.25) is 9.59 Å². The number of methoxy groups -OCH3 is 1. The summed E-state index contributed by atoms with van der Waals surface area (Å²) in [5.41, 5.74) is 0.192. The average Bonchev–Trinajstić information content (AvgIpc) is 3.21. The highest BCUT2D eigenvalue weighted by Crippen LogP contribution is 2.46. The van der Waals surface area contributed by atoms with Gasteiger partial charge in [0.15, 0.2) is 0 Å². The predicted molar refractivity (Wildman–Crippen MR) is 76.2 cm³/mol. The molecule has 0 aliphatic heterocycles. The Bertz CT molecular complexity index is 540. The van der Waals surface area contributed by atoms with Crippen molar-refractivity contribution >= 4 is 27.8 Å². The zero-order chi connectivity index (χ0) is 14.8. The van der Waals surface area contributed by atoms with Crippen LogP contribution in [0, 0.1) is 5.41 Å². The maximum Gasteiger partial charge on any atom is 0.313 e. The Morgan fingerprint density at radius 2 is 2.15 bits per heavy atom. The van der Waals surface area contributed by atoms with Gasteiger partial charge in [0.2, 0.25) is 5.91 Å². The Hall–Kier alpha value is -1.56. The predicted octanol–water partition coefficient (Wildman–Crippen LogP) is 1.77. The number of carbonyl (C=O) groups is 2. The van der Waals surface area contributed by atoms with Gasteiger partial charge in [0.05, 0.1) is 23.4 Å². The molecule has 0 radical (unpaired) electrons. The third kappa shape index (κ3) is 3.30. The lowest BCUT2D eigenvalue weighted by Crippen LogP contribution is -2.35. The topological polar surface area (TPSA) is 75.6 Å². The van der Waals surface area contributed by atoms with E-state index in [1.165, 1.54) is 13.2 Å². The molecule has 1 aromatic rings. The molecule has 1 aliphatic rings. The van der Waals surface area contributed by atoms with E-state index in [2.05, 4.69) is 21.2 Å². The molecule has 20 heavy (non-hydrogen) atoms. The molecule has 0 aromatic heterocycles. The highest BCUT2D eigenvalue weighted by Gasteiger charge is 2.51. The number of nitrogens with one attached hydrogen (secondary N) is 1. The number of aromatic hydroxyl groups is 1. The molecular weight excluding hydrogens is 326 g/mol. The van der Waals surface area contributed by atoms with Crippen molar-refractivity contribution in [2.45, 2.75) is 19.3 Å². The maximum absolute atomic E-state index is 11.8. The van der Waals surface area contributed by atoms with E-state index < -0.39 is 5.41 Å². The number of phenolic OH excluding ortho intramolecular Hbond substituents is 1. The first kappa shape index (κ1) is 14.8. The summed E-state index contributed by atoms with van der Waals surface area (Å²) in [7, 11) is 1.36. The third-order valence-corrected chi connectivity index (χ3v) is 4.14. The van der Waals surface area contributed by atoms with Crippen LogP contribution in [-0.2, 0) is 20.7 Å². The van der Waals surface area contributed by atoms with Gasteiger partial charge in [-0.1, -0.05) is 6.07 Å². The van der Waals surface area contributed by atoms with E-state index in [9.17, 15) is 14.7 Å². The van der Waals surface area contributed by atoms with Gasteiger partial charge < -0.3 is 15.2 Å². The third-order valence-electron chi connectivity index (χ3n) is 3.47. The van der Waals surface area contributed by atoms with E-state index >= 15 is 0 Å². The summed E-state index contributed by atoms with van der Waals surface area (Å²) in [6.45, 7) is 0.307. The fourth-order valence-corrected chi connectivity index (χ4v) is 2.25. The number of rotatable bonds is 5. The second kappa shape index (κ2) is 5.83. The zero-order valence-corrected chi connectivity index (χ0v) is 12.7. The first-order chi connectivity index (χ1) is 9.47. The highest BCUT2D eigenvalue weighted by atomic mass is 79.9. The lowest BCUT2D eigenvalue weighted by molar-refractivity contribution is -0.147. The number of ether oxygens (including phenoxy) is 1. The summed E-state index contributed by atoms with van der Waals surface area (Å²) in [6.07, 6.45) is 1.66. The monoisotopic (exact) mass is 341 g/mol. The minimum absolute atomic E-state index is 0.100. The Kier molecular flexibility index (Phi) is 4.32. The average molecular weight is 342 g/mol. The van der Waals surface area contributed by atoms with Gasteiger partial charge in [0.1, 0.15) is 5.75 Å². The van der Waals surface area contributed by atoms with Crippen LogP contribution >= 0.6 is 15.9 Å². The number of hydrogen-bond acceptors (Lipinski definition) is 4. The van der Waals surface area contributed by atoms with E-state index in [1.54, 1.807) is 12.1 Å². The van der Waals surface area contributed by atoms with Gasteiger partial charge in [-0.25, -0.2) is 0 Å². The zero-order valence-electron chi connectivity index (χ0n) is 11.1. The molecule has 1 fully saturated rings. The molecule has 1 amide bonds. The van der Waals surface area contributed by atoms with Crippen LogP contribution in [0.4, 0.5) is 0 Å². The van der Waals surface area contributed by atoms with Gasteiger partial charge in [-0.15, -0.1) is 0 Å². The van der Waals surface area contributed by atoms with Crippen molar-refractivity contribution in [3.8, 4) is 5.75 Å². The summed E-state index contributed by atoms with van der Waals surface area (Å²) < 4.78 is 5.32. The molecule has 0 atom stereocenters. The highest BCUT2D eigenvalue weighted by molar-refractivity contribution is 9.10. The Morgan fingerprint density at radius 1 is 1.45 bits per heavy atom. The van der Waals surface area contributed by atoms with Gasteiger partial charge >= 0.3 is 5.97 Å². The van der Waals surface area contributed by atoms with Crippen molar-refractivity contribution < 1.29 is 19.4 Å². The van der Waals surface area contributed by atoms with Crippen LogP contribution in [-0.4, -0.2) is 30.6 Å². The summed E-state index contributed by atoms with van der Waals surface area (Å²) in [4.78, 5) is 23.4.